The van der Waals surface area contributed by atoms with Crippen molar-refractivity contribution in [3.05, 3.63) is 93.3 Å². The predicted octanol–water partition coefficient (Wildman–Crippen LogP) is 5.47. The molecular weight excluding hydrogens is 604 g/mol. The van der Waals surface area contributed by atoms with Crippen molar-refractivity contribution < 1.29 is 28.6 Å². The summed E-state index contributed by atoms with van der Waals surface area (Å²) in [6, 6.07) is 19.4. The monoisotopic (exact) mass is 627 g/mol. The Balaban J connectivity index is 1.43. The van der Waals surface area contributed by atoms with Gasteiger partial charge < -0.3 is 19.9 Å². The summed E-state index contributed by atoms with van der Waals surface area (Å²) in [5.41, 5.74) is 3.59. The summed E-state index contributed by atoms with van der Waals surface area (Å²) >= 11 is 2.05. The van der Waals surface area contributed by atoms with Gasteiger partial charge in [0.1, 0.15) is 11.6 Å². The molecule has 4 rings (SSSR count). The van der Waals surface area contributed by atoms with Crippen LogP contribution < -0.4 is 20.2 Å². The van der Waals surface area contributed by atoms with Crippen LogP contribution in [-0.2, 0) is 4.79 Å². The molecule has 4 aromatic carbocycles. The van der Waals surface area contributed by atoms with E-state index >= 15 is 0 Å². The van der Waals surface area contributed by atoms with Gasteiger partial charge in [-0.05, 0) is 94.4 Å². The summed E-state index contributed by atoms with van der Waals surface area (Å²) in [7, 11) is 0. The van der Waals surface area contributed by atoms with Crippen molar-refractivity contribution in [3.8, 4) is 17.2 Å². The van der Waals surface area contributed by atoms with Crippen molar-refractivity contribution in [1.82, 2.24) is 5.43 Å². The fourth-order valence-electron chi connectivity index (χ4n) is 3.57. The van der Waals surface area contributed by atoms with Gasteiger partial charge in [0.15, 0.2) is 18.1 Å². The zero-order chi connectivity index (χ0) is 27.1. The van der Waals surface area contributed by atoms with Crippen LogP contribution in [0.4, 0.5) is 10.1 Å². The van der Waals surface area contributed by atoms with E-state index in [1.807, 2.05) is 31.2 Å². The zero-order valence-corrected chi connectivity index (χ0v) is 22.4. The number of rotatable bonds is 9. The summed E-state index contributed by atoms with van der Waals surface area (Å²) in [5.74, 6) is -0.742. The number of hydrazone groups is 1. The van der Waals surface area contributed by atoms with Gasteiger partial charge in [-0.3, -0.25) is 9.59 Å². The molecule has 0 radical (unpaired) electrons. The second-order valence-corrected chi connectivity index (χ2v) is 9.18. The molecule has 4 aromatic rings. The number of fused-ring (bicyclic) bond motifs is 1. The third-order valence-corrected chi connectivity index (χ3v) is 6.10. The van der Waals surface area contributed by atoms with Gasteiger partial charge in [0.25, 0.3) is 11.8 Å². The van der Waals surface area contributed by atoms with Gasteiger partial charge in [0, 0.05) is 5.69 Å². The van der Waals surface area contributed by atoms with E-state index in [4.69, 9.17) is 9.47 Å². The van der Waals surface area contributed by atoms with E-state index in [0.717, 1.165) is 10.8 Å². The standard InChI is InChI=1S/C28H23FIN3O5/c1-2-37-25-12-17(11-23(30)27(25)38-16-26(35)32-21-9-7-20(29)8-10-21)15-31-33-28(36)22-13-18-5-3-4-6-19(18)14-24(22)34/h3-15,34H,2,16H2,1H3,(H,32,35)(H,33,36). The first-order valence-electron chi connectivity index (χ1n) is 11.5. The maximum Gasteiger partial charge on any atom is 0.275 e. The molecule has 0 spiro atoms. The van der Waals surface area contributed by atoms with E-state index < -0.39 is 17.6 Å². The van der Waals surface area contributed by atoms with Gasteiger partial charge in [-0.1, -0.05) is 24.3 Å². The topological polar surface area (TPSA) is 109 Å². The van der Waals surface area contributed by atoms with Crippen molar-refractivity contribution >= 4 is 57.1 Å². The molecule has 0 aliphatic rings. The SMILES string of the molecule is CCOc1cc(C=NNC(=O)c2cc3ccccc3cc2O)cc(I)c1OCC(=O)Nc1ccc(F)cc1. The van der Waals surface area contributed by atoms with Crippen molar-refractivity contribution in [2.75, 3.05) is 18.5 Å². The molecule has 0 heterocycles. The van der Waals surface area contributed by atoms with Crippen LogP contribution >= 0.6 is 22.6 Å². The lowest BCUT2D eigenvalue weighted by Gasteiger charge is -2.14. The molecular formula is C28H23FIN3O5. The lowest BCUT2D eigenvalue weighted by Crippen LogP contribution is -2.20. The Kier molecular flexibility index (Phi) is 8.74. The van der Waals surface area contributed by atoms with Gasteiger partial charge in [-0.2, -0.15) is 5.10 Å². The molecule has 0 aliphatic heterocycles. The number of nitrogens with zero attached hydrogens (tertiary/aromatic N) is 1. The number of benzene rings is 4. The molecule has 0 fully saturated rings. The van der Waals surface area contributed by atoms with Gasteiger partial charge in [-0.25, -0.2) is 9.82 Å². The van der Waals surface area contributed by atoms with Crippen LogP contribution in [0.2, 0.25) is 0 Å². The van der Waals surface area contributed by atoms with E-state index in [1.54, 1.807) is 18.2 Å². The normalized spacial score (nSPS) is 10.9. The molecule has 8 nitrogen and oxygen atoms in total. The van der Waals surface area contributed by atoms with Gasteiger partial charge in [-0.15, -0.1) is 0 Å². The summed E-state index contributed by atoms with van der Waals surface area (Å²) in [6.45, 7) is 1.88. The Hall–Kier alpha value is -4.19. The molecule has 0 saturated carbocycles. The van der Waals surface area contributed by atoms with Crippen LogP contribution in [0.15, 0.2) is 77.9 Å². The van der Waals surface area contributed by atoms with E-state index in [1.165, 1.54) is 36.5 Å². The zero-order valence-electron chi connectivity index (χ0n) is 20.2. The maximum atomic E-state index is 13.1. The fraction of sp³-hybridized carbons (Fsp3) is 0.107. The fourth-order valence-corrected chi connectivity index (χ4v) is 4.35. The minimum Gasteiger partial charge on any atom is -0.507 e. The van der Waals surface area contributed by atoms with Crippen molar-refractivity contribution in [2.45, 2.75) is 6.92 Å². The largest absolute Gasteiger partial charge is 0.507 e. The molecule has 0 bridgehead atoms. The summed E-state index contributed by atoms with van der Waals surface area (Å²) in [4.78, 5) is 24.9. The highest BCUT2D eigenvalue weighted by Crippen LogP contribution is 2.34. The number of amides is 2. The summed E-state index contributed by atoms with van der Waals surface area (Å²) < 4.78 is 25.1. The Morgan fingerprint density at radius 2 is 1.74 bits per heavy atom. The van der Waals surface area contributed by atoms with E-state index in [0.29, 0.717) is 32.9 Å². The van der Waals surface area contributed by atoms with Gasteiger partial charge in [0.2, 0.25) is 0 Å². The first kappa shape index (κ1) is 26.9. The minimum absolute atomic E-state index is 0.105. The molecule has 10 heteroatoms. The number of phenols is 1. The van der Waals surface area contributed by atoms with Crippen LogP contribution in [0, 0.1) is 9.39 Å². The average Bonchev–Trinajstić information content (AvgIpc) is 2.89. The molecule has 2 amide bonds. The number of hydrogen-bond donors (Lipinski definition) is 3. The quantitative estimate of drug-likeness (QED) is 0.130. The number of ether oxygens (including phenoxy) is 2. The summed E-state index contributed by atoms with van der Waals surface area (Å²) in [6.07, 6.45) is 1.44. The first-order valence-corrected chi connectivity index (χ1v) is 12.6. The molecule has 0 aliphatic carbocycles. The van der Waals surface area contributed by atoms with E-state index in [2.05, 4.69) is 38.4 Å². The summed E-state index contributed by atoms with van der Waals surface area (Å²) in [5, 5.41) is 18.5. The Labute approximate surface area is 231 Å². The van der Waals surface area contributed by atoms with Crippen LogP contribution in [-0.4, -0.2) is 36.3 Å². The molecule has 0 unspecified atom stereocenters. The number of aromatic hydroxyl groups is 1. The van der Waals surface area contributed by atoms with Crippen molar-refractivity contribution in [3.63, 3.8) is 0 Å². The predicted molar refractivity (Wildman–Crippen MR) is 152 cm³/mol. The number of phenolic OH excluding ortho intramolecular Hbond substituents is 1. The molecule has 194 valence electrons. The number of halogens is 2. The average molecular weight is 627 g/mol. The van der Waals surface area contributed by atoms with Gasteiger partial charge >= 0.3 is 0 Å². The second kappa shape index (κ2) is 12.4. The number of carbonyl (C=O) groups is 2. The number of nitrogens with one attached hydrogen (secondary N) is 2. The van der Waals surface area contributed by atoms with Crippen LogP contribution in [0.1, 0.15) is 22.8 Å². The number of hydrogen-bond acceptors (Lipinski definition) is 6. The first-order chi connectivity index (χ1) is 18.3. The lowest BCUT2D eigenvalue weighted by atomic mass is 10.1. The molecule has 0 saturated heterocycles. The molecule has 3 N–H and O–H groups in total. The smallest absolute Gasteiger partial charge is 0.275 e. The third-order valence-electron chi connectivity index (χ3n) is 5.30. The number of carbonyl (C=O) groups excluding carboxylic acids is 2. The highest BCUT2D eigenvalue weighted by atomic mass is 127. The van der Waals surface area contributed by atoms with Crippen molar-refractivity contribution in [1.29, 1.82) is 0 Å². The second-order valence-electron chi connectivity index (χ2n) is 8.02. The third kappa shape index (κ3) is 6.76. The molecule has 38 heavy (non-hydrogen) atoms. The van der Waals surface area contributed by atoms with E-state index in [-0.39, 0.29) is 17.9 Å². The Bertz CT molecular complexity index is 1510. The van der Waals surface area contributed by atoms with E-state index in [9.17, 15) is 19.1 Å². The maximum absolute atomic E-state index is 13.1. The van der Waals surface area contributed by atoms with Crippen LogP contribution in [0.25, 0.3) is 10.8 Å². The lowest BCUT2D eigenvalue weighted by molar-refractivity contribution is -0.118. The Morgan fingerprint density at radius 1 is 1.03 bits per heavy atom. The van der Waals surface area contributed by atoms with Crippen LogP contribution in [0.5, 0.6) is 17.2 Å². The van der Waals surface area contributed by atoms with Crippen molar-refractivity contribution in [2.24, 2.45) is 5.10 Å². The Morgan fingerprint density at radius 3 is 2.45 bits per heavy atom. The molecule has 0 atom stereocenters. The highest BCUT2D eigenvalue weighted by molar-refractivity contribution is 14.1. The minimum atomic E-state index is -0.559. The molecule has 0 aromatic heterocycles. The van der Waals surface area contributed by atoms with Gasteiger partial charge in [0.05, 0.1) is 22.0 Å². The number of anilines is 1. The highest BCUT2D eigenvalue weighted by Gasteiger charge is 2.15. The van der Waals surface area contributed by atoms with Crippen LogP contribution in [0.3, 0.4) is 0 Å².